The third kappa shape index (κ3) is 5.59. The van der Waals surface area contributed by atoms with Gasteiger partial charge < -0.3 is 20.3 Å². The monoisotopic (exact) mass is 281 g/mol. The van der Waals surface area contributed by atoms with Gasteiger partial charge in [0.15, 0.2) is 0 Å². The summed E-state index contributed by atoms with van der Waals surface area (Å²) in [5.41, 5.74) is 0.934. The maximum absolute atomic E-state index is 11.1. The van der Waals surface area contributed by atoms with E-state index >= 15 is 0 Å². The second-order valence-electron chi connectivity index (χ2n) is 4.56. The Morgan fingerprint density at radius 2 is 2.15 bits per heavy atom. The molecule has 0 saturated heterocycles. The molecule has 0 aliphatic rings. The summed E-state index contributed by atoms with van der Waals surface area (Å²) in [6, 6.07) is 6.90. The number of aliphatic hydroxyl groups is 1. The van der Waals surface area contributed by atoms with Gasteiger partial charge in [0.05, 0.1) is 6.61 Å². The van der Waals surface area contributed by atoms with Crippen molar-refractivity contribution in [2.24, 2.45) is 0 Å². The van der Waals surface area contributed by atoms with Crippen molar-refractivity contribution in [3.05, 3.63) is 29.8 Å². The summed E-state index contributed by atoms with van der Waals surface area (Å²) in [4.78, 5) is 11.1. The van der Waals surface area contributed by atoms with Gasteiger partial charge in [-0.2, -0.15) is 0 Å². The van der Waals surface area contributed by atoms with E-state index in [0.29, 0.717) is 31.7 Å². The molecule has 0 aliphatic carbocycles. The number of nitrogens with one attached hydrogen (secondary N) is 1. The highest BCUT2D eigenvalue weighted by molar-refractivity contribution is 5.73. The van der Waals surface area contributed by atoms with Crippen molar-refractivity contribution < 1.29 is 19.7 Å². The summed E-state index contributed by atoms with van der Waals surface area (Å²) in [6.07, 6.45) is 1.83. The molecule has 0 aromatic heterocycles. The lowest BCUT2D eigenvalue weighted by Gasteiger charge is -2.15. The lowest BCUT2D eigenvalue weighted by molar-refractivity contribution is -0.139. The molecular weight excluding hydrogens is 258 g/mol. The average Bonchev–Trinajstić information content (AvgIpc) is 2.44. The Morgan fingerprint density at radius 1 is 1.40 bits per heavy atom. The van der Waals surface area contributed by atoms with Gasteiger partial charge in [-0.1, -0.05) is 25.1 Å². The molecule has 0 heterocycles. The van der Waals surface area contributed by atoms with E-state index in [9.17, 15) is 4.79 Å². The number of aliphatic carboxylic acids is 1. The molecule has 0 saturated carbocycles. The third-order valence-corrected chi connectivity index (χ3v) is 2.96. The Balaban J connectivity index is 2.47. The summed E-state index contributed by atoms with van der Waals surface area (Å²) in [5.74, 6) is -0.146. The van der Waals surface area contributed by atoms with Crippen LogP contribution in [0.2, 0.25) is 0 Å². The second-order valence-corrected chi connectivity index (χ2v) is 4.56. The van der Waals surface area contributed by atoms with E-state index in [1.807, 2.05) is 31.2 Å². The first-order valence-electron chi connectivity index (χ1n) is 6.96. The normalized spacial score (nSPS) is 12.1. The second kappa shape index (κ2) is 9.34. The molecule has 5 heteroatoms. The Hall–Kier alpha value is -1.59. The average molecular weight is 281 g/mol. The molecule has 1 rings (SSSR count). The summed E-state index contributed by atoms with van der Waals surface area (Å²) >= 11 is 0. The highest BCUT2D eigenvalue weighted by Crippen LogP contribution is 2.18. The third-order valence-electron chi connectivity index (χ3n) is 2.96. The maximum Gasteiger partial charge on any atom is 0.320 e. The Labute approximate surface area is 119 Å². The van der Waals surface area contributed by atoms with Crippen molar-refractivity contribution in [3.63, 3.8) is 0 Å². The molecule has 1 aromatic carbocycles. The molecule has 0 spiro atoms. The number of benzene rings is 1. The fraction of sp³-hybridized carbons (Fsp3) is 0.533. The van der Waals surface area contributed by atoms with Crippen molar-refractivity contribution in [1.82, 2.24) is 5.32 Å². The predicted molar refractivity (Wildman–Crippen MR) is 77.1 cm³/mol. The number of hydrogen-bond acceptors (Lipinski definition) is 4. The van der Waals surface area contributed by atoms with Crippen LogP contribution in [0.4, 0.5) is 0 Å². The highest BCUT2D eigenvalue weighted by atomic mass is 16.5. The summed E-state index contributed by atoms with van der Waals surface area (Å²) in [7, 11) is 0. The van der Waals surface area contributed by atoms with E-state index in [4.69, 9.17) is 14.9 Å². The fourth-order valence-corrected chi connectivity index (χ4v) is 1.89. The van der Waals surface area contributed by atoms with Gasteiger partial charge in [-0.3, -0.25) is 4.79 Å². The first-order valence-corrected chi connectivity index (χ1v) is 6.96. The topological polar surface area (TPSA) is 78.8 Å². The van der Waals surface area contributed by atoms with Crippen LogP contribution in [0.3, 0.4) is 0 Å². The van der Waals surface area contributed by atoms with E-state index < -0.39 is 12.0 Å². The van der Waals surface area contributed by atoms with E-state index in [1.54, 1.807) is 0 Å². The lowest BCUT2D eigenvalue weighted by atomic mass is 10.1. The molecule has 0 radical (unpaired) electrons. The van der Waals surface area contributed by atoms with E-state index in [0.717, 1.165) is 12.0 Å². The first-order chi connectivity index (χ1) is 9.69. The maximum atomic E-state index is 11.1. The zero-order valence-corrected chi connectivity index (χ0v) is 11.8. The number of carboxylic acid groups (broad SMARTS) is 1. The van der Waals surface area contributed by atoms with Crippen molar-refractivity contribution in [2.75, 3.05) is 19.8 Å². The molecule has 20 heavy (non-hydrogen) atoms. The molecule has 1 aromatic rings. The largest absolute Gasteiger partial charge is 0.493 e. The minimum absolute atomic E-state index is 0.0657. The number of aliphatic hydroxyl groups excluding tert-OH is 1. The van der Waals surface area contributed by atoms with Crippen LogP contribution < -0.4 is 10.1 Å². The fourth-order valence-electron chi connectivity index (χ4n) is 1.89. The molecule has 3 N–H and O–H groups in total. The van der Waals surface area contributed by atoms with Crippen LogP contribution in [-0.4, -0.2) is 42.0 Å². The van der Waals surface area contributed by atoms with Crippen LogP contribution in [0, 0.1) is 0 Å². The summed E-state index contributed by atoms with van der Waals surface area (Å²) < 4.78 is 5.64. The van der Waals surface area contributed by atoms with Gasteiger partial charge in [0.2, 0.25) is 0 Å². The molecule has 0 bridgehead atoms. The summed E-state index contributed by atoms with van der Waals surface area (Å²) in [6.45, 7) is 3.07. The molecule has 1 atom stereocenters. The van der Waals surface area contributed by atoms with Gasteiger partial charge in [0.25, 0.3) is 0 Å². The molecule has 0 amide bonds. The summed E-state index contributed by atoms with van der Waals surface area (Å²) in [5, 5.41) is 21.0. The Bertz CT molecular complexity index is 409. The van der Waals surface area contributed by atoms with Crippen molar-refractivity contribution >= 4 is 5.97 Å². The standard InChI is InChI=1S/C15H23NO4/c1-2-9-16-13(15(18)19)8-11-20-14-6-4-3-5-12(14)7-10-17/h3-6,13,16-17H,2,7-11H2,1H3,(H,18,19). The SMILES string of the molecule is CCCNC(CCOc1ccccc1CCO)C(=O)O. The van der Waals surface area contributed by atoms with Gasteiger partial charge in [-0.15, -0.1) is 0 Å². The minimum Gasteiger partial charge on any atom is -0.493 e. The Kier molecular flexibility index (Phi) is 7.69. The van der Waals surface area contributed by atoms with E-state index in [1.165, 1.54) is 0 Å². The number of para-hydroxylation sites is 1. The van der Waals surface area contributed by atoms with Crippen LogP contribution in [0.5, 0.6) is 5.75 Å². The number of hydrogen-bond donors (Lipinski definition) is 3. The number of carbonyl (C=O) groups is 1. The van der Waals surface area contributed by atoms with Crippen molar-refractivity contribution in [2.45, 2.75) is 32.2 Å². The van der Waals surface area contributed by atoms with Gasteiger partial charge >= 0.3 is 5.97 Å². The van der Waals surface area contributed by atoms with Gasteiger partial charge in [-0.25, -0.2) is 0 Å². The number of rotatable bonds is 10. The van der Waals surface area contributed by atoms with Crippen LogP contribution in [-0.2, 0) is 11.2 Å². The van der Waals surface area contributed by atoms with E-state index in [-0.39, 0.29) is 6.61 Å². The van der Waals surface area contributed by atoms with Crippen LogP contribution in [0.1, 0.15) is 25.3 Å². The minimum atomic E-state index is -0.856. The van der Waals surface area contributed by atoms with Crippen LogP contribution in [0.25, 0.3) is 0 Å². The molecule has 5 nitrogen and oxygen atoms in total. The molecule has 0 aliphatic heterocycles. The number of ether oxygens (including phenoxy) is 1. The Morgan fingerprint density at radius 3 is 2.80 bits per heavy atom. The van der Waals surface area contributed by atoms with Gasteiger partial charge in [0.1, 0.15) is 11.8 Å². The smallest absolute Gasteiger partial charge is 0.320 e. The van der Waals surface area contributed by atoms with Gasteiger partial charge in [0, 0.05) is 13.0 Å². The van der Waals surface area contributed by atoms with E-state index in [2.05, 4.69) is 5.32 Å². The number of carboxylic acids is 1. The first kappa shape index (κ1) is 16.5. The lowest BCUT2D eigenvalue weighted by Crippen LogP contribution is -2.38. The van der Waals surface area contributed by atoms with Crippen LogP contribution in [0.15, 0.2) is 24.3 Å². The zero-order valence-electron chi connectivity index (χ0n) is 11.8. The molecule has 1 unspecified atom stereocenters. The van der Waals surface area contributed by atoms with Crippen molar-refractivity contribution in [3.8, 4) is 5.75 Å². The van der Waals surface area contributed by atoms with Crippen molar-refractivity contribution in [1.29, 1.82) is 0 Å². The highest BCUT2D eigenvalue weighted by Gasteiger charge is 2.16. The van der Waals surface area contributed by atoms with Crippen LogP contribution >= 0.6 is 0 Å². The molecular formula is C15H23NO4. The molecule has 0 fully saturated rings. The van der Waals surface area contributed by atoms with Gasteiger partial charge in [-0.05, 0) is 31.0 Å². The molecule has 112 valence electrons. The quantitative estimate of drug-likeness (QED) is 0.605. The predicted octanol–water partition coefficient (Wildman–Crippen LogP) is 1.44. The zero-order chi connectivity index (χ0) is 14.8.